The number of carbonyl (C=O) groups excluding carboxylic acids is 1. The lowest BCUT2D eigenvalue weighted by molar-refractivity contribution is -0.127. The third kappa shape index (κ3) is 4.80. The molecule has 2 rings (SSSR count). The fourth-order valence-corrected chi connectivity index (χ4v) is 2.05. The predicted molar refractivity (Wildman–Crippen MR) is 84.6 cm³/mol. The van der Waals surface area contributed by atoms with Gasteiger partial charge in [0.1, 0.15) is 5.75 Å². The van der Waals surface area contributed by atoms with Crippen molar-refractivity contribution in [3.8, 4) is 5.75 Å². The van der Waals surface area contributed by atoms with Crippen LogP contribution in [0.15, 0.2) is 48.5 Å². The molecule has 2 aromatic carbocycles. The summed E-state index contributed by atoms with van der Waals surface area (Å²) >= 11 is 5.81. The summed E-state index contributed by atoms with van der Waals surface area (Å²) in [6.07, 6.45) is -0.559. The molecule has 1 atom stereocenters. The summed E-state index contributed by atoms with van der Waals surface area (Å²) in [5.74, 6) is 0.476. The number of benzene rings is 2. The van der Waals surface area contributed by atoms with Crippen molar-refractivity contribution in [2.45, 2.75) is 26.5 Å². The van der Waals surface area contributed by atoms with E-state index in [9.17, 15) is 4.79 Å². The monoisotopic (exact) mass is 303 g/mol. The average Bonchev–Trinajstić information content (AvgIpc) is 2.47. The van der Waals surface area contributed by atoms with Crippen LogP contribution in [0.2, 0.25) is 5.02 Å². The van der Waals surface area contributed by atoms with Gasteiger partial charge in [0.2, 0.25) is 0 Å². The van der Waals surface area contributed by atoms with Gasteiger partial charge in [-0.15, -0.1) is 0 Å². The largest absolute Gasteiger partial charge is 0.481 e. The topological polar surface area (TPSA) is 38.3 Å². The van der Waals surface area contributed by atoms with Crippen LogP contribution >= 0.6 is 11.6 Å². The van der Waals surface area contributed by atoms with E-state index in [1.807, 2.05) is 31.2 Å². The molecule has 1 amide bonds. The Morgan fingerprint density at radius 2 is 1.95 bits per heavy atom. The zero-order chi connectivity index (χ0) is 15.2. The minimum atomic E-state index is -0.559. The number of rotatable bonds is 5. The molecule has 0 aliphatic carbocycles. The fourth-order valence-electron chi connectivity index (χ4n) is 1.93. The molecule has 2 aromatic rings. The quantitative estimate of drug-likeness (QED) is 0.914. The van der Waals surface area contributed by atoms with E-state index in [2.05, 4.69) is 5.32 Å². The molecule has 0 saturated heterocycles. The number of hydrogen-bond donors (Lipinski definition) is 1. The van der Waals surface area contributed by atoms with Crippen molar-refractivity contribution in [2.24, 2.45) is 0 Å². The minimum Gasteiger partial charge on any atom is -0.481 e. The fraction of sp³-hybridized carbons (Fsp3) is 0.235. The number of hydrogen-bond acceptors (Lipinski definition) is 2. The average molecular weight is 304 g/mol. The first-order valence-electron chi connectivity index (χ1n) is 6.80. The Bertz CT molecular complexity index is 610. The molecule has 0 aliphatic heterocycles. The molecule has 0 unspecified atom stereocenters. The van der Waals surface area contributed by atoms with E-state index in [1.165, 1.54) is 5.56 Å². The molecule has 21 heavy (non-hydrogen) atoms. The number of amides is 1. The van der Waals surface area contributed by atoms with Gasteiger partial charge in [0.05, 0.1) is 0 Å². The second-order valence-corrected chi connectivity index (χ2v) is 5.36. The van der Waals surface area contributed by atoms with E-state index in [0.717, 1.165) is 5.56 Å². The van der Waals surface area contributed by atoms with Gasteiger partial charge in [-0.25, -0.2) is 0 Å². The van der Waals surface area contributed by atoms with E-state index < -0.39 is 6.10 Å². The van der Waals surface area contributed by atoms with Crippen LogP contribution in [-0.4, -0.2) is 12.0 Å². The number of halogens is 1. The van der Waals surface area contributed by atoms with Gasteiger partial charge >= 0.3 is 0 Å². The van der Waals surface area contributed by atoms with Crippen LogP contribution in [-0.2, 0) is 11.3 Å². The van der Waals surface area contributed by atoms with E-state index in [-0.39, 0.29) is 5.91 Å². The Balaban J connectivity index is 1.86. The van der Waals surface area contributed by atoms with Gasteiger partial charge in [-0.2, -0.15) is 0 Å². The third-order valence-electron chi connectivity index (χ3n) is 3.04. The van der Waals surface area contributed by atoms with Gasteiger partial charge in [0, 0.05) is 11.6 Å². The van der Waals surface area contributed by atoms with Crippen molar-refractivity contribution in [3.63, 3.8) is 0 Å². The zero-order valence-corrected chi connectivity index (χ0v) is 12.9. The van der Waals surface area contributed by atoms with Crippen LogP contribution in [0.25, 0.3) is 0 Å². The van der Waals surface area contributed by atoms with E-state index in [0.29, 0.717) is 17.3 Å². The van der Waals surface area contributed by atoms with Gasteiger partial charge in [0.25, 0.3) is 5.91 Å². The van der Waals surface area contributed by atoms with Crippen LogP contribution in [0.4, 0.5) is 0 Å². The minimum absolute atomic E-state index is 0.147. The molecule has 4 heteroatoms. The van der Waals surface area contributed by atoms with Crippen molar-refractivity contribution in [1.29, 1.82) is 0 Å². The SMILES string of the molecule is Cc1cccc(CNC(=O)[C@@H](C)Oc2ccc(Cl)cc2)c1. The molecular formula is C17H18ClNO2. The molecule has 0 heterocycles. The van der Waals surface area contributed by atoms with Crippen LogP contribution < -0.4 is 10.1 Å². The summed E-state index contributed by atoms with van der Waals surface area (Å²) in [5.41, 5.74) is 2.24. The first kappa shape index (κ1) is 15.4. The number of aryl methyl sites for hydroxylation is 1. The Morgan fingerprint density at radius 3 is 2.62 bits per heavy atom. The van der Waals surface area contributed by atoms with Gasteiger partial charge in [0.15, 0.2) is 6.10 Å². The molecule has 110 valence electrons. The van der Waals surface area contributed by atoms with Crippen molar-refractivity contribution in [2.75, 3.05) is 0 Å². The summed E-state index contributed by atoms with van der Waals surface area (Å²) in [6.45, 7) is 4.24. The lowest BCUT2D eigenvalue weighted by Crippen LogP contribution is -2.35. The summed E-state index contributed by atoms with van der Waals surface area (Å²) in [5, 5.41) is 3.51. The van der Waals surface area contributed by atoms with Crippen molar-refractivity contribution in [1.82, 2.24) is 5.32 Å². The molecular weight excluding hydrogens is 286 g/mol. The lowest BCUT2D eigenvalue weighted by Gasteiger charge is -2.15. The van der Waals surface area contributed by atoms with E-state index in [4.69, 9.17) is 16.3 Å². The Hall–Kier alpha value is -2.00. The Labute approximate surface area is 129 Å². The summed E-state index contributed by atoms with van der Waals surface area (Å²) < 4.78 is 5.57. The molecule has 0 saturated carbocycles. The highest BCUT2D eigenvalue weighted by atomic mass is 35.5. The lowest BCUT2D eigenvalue weighted by atomic mass is 10.1. The maximum absolute atomic E-state index is 12.0. The second kappa shape index (κ2) is 7.14. The molecule has 3 nitrogen and oxygen atoms in total. The maximum atomic E-state index is 12.0. The van der Waals surface area contributed by atoms with Crippen LogP contribution in [0, 0.1) is 6.92 Å². The number of carbonyl (C=O) groups is 1. The van der Waals surface area contributed by atoms with Crippen LogP contribution in [0.5, 0.6) is 5.75 Å². The normalized spacial score (nSPS) is 11.8. The van der Waals surface area contributed by atoms with Gasteiger partial charge in [-0.1, -0.05) is 41.4 Å². The van der Waals surface area contributed by atoms with Crippen molar-refractivity contribution >= 4 is 17.5 Å². The molecule has 0 fully saturated rings. The van der Waals surface area contributed by atoms with E-state index in [1.54, 1.807) is 31.2 Å². The van der Waals surface area contributed by atoms with E-state index >= 15 is 0 Å². The maximum Gasteiger partial charge on any atom is 0.261 e. The number of nitrogens with one attached hydrogen (secondary N) is 1. The van der Waals surface area contributed by atoms with Gasteiger partial charge in [-0.3, -0.25) is 4.79 Å². The molecule has 0 aliphatic rings. The summed E-state index contributed by atoms with van der Waals surface area (Å²) in [6, 6.07) is 15.0. The second-order valence-electron chi connectivity index (χ2n) is 4.92. The van der Waals surface area contributed by atoms with Crippen LogP contribution in [0.3, 0.4) is 0 Å². The highest BCUT2D eigenvalue weighted by Crippen LogP contribution is 2.16. The molecule has 0 aromatic heterocycles. The molecule has 0 radical (unpaired) electrons. The molecule has 0 bridgehead atoms. The van der Waals surface area contributed by atoms with Gasteiger partial charge in [-0.05, 0) is 43.7 Å². The van der Waals surface area contributed by atoms with Crippen molar-refractivity contribution in [3.05, 3.63) is 64.7 Å². The number of ether oxygens (including phenoxy) is 1. The molecule has 1 N–H and O–H groups in total. The zero-order valence-electron chi connectivity index (χ0n) is 12.1. The smallest absolute Gasteiger partial charge is 0.261 e. The first-order chi connectivity index (χ1) is 10.0. The Morgan fingerprint density at radius 1 is 1.24 bits per heavy atom. The van der Waals surface area contributed by atoms with Gasteiger partial charge < -0.3 is 10.1 Å². The molecule has 0 spiro atoms. The standard InChI is InChI=1S/C17H18ClNO2/c1-12-4-3-5-14(10-12)11-19-17(20)13(2)21-16-8-6-15(18)7-9-16/h3-10,13H,11H2,1-2H3,(H,19,20)/t13-/m1/s1. The Kier molecular flexibility index (Phi) is 5.23. The summed E-state index contributed by atoms with van der Waals surface area (Å²) in [7, 11) is 0. The van der Waals surface area contributed by atoms with Crippen LogP contribution in [0.1, 0.15) is 18.1 Å². The highest BCUT2D eigenvalue weighted by molar-refractivity contribution is 6.30. The highest BCUT2D eigenvalue weighted by Gasteiger charge is 2.14. The summed E-state index contributed by atoms with van der Waals surface area (Å²) in [4.78, 5) is 12.0. The van der Waals surface area contributed by atoms with Crippen molar-refractivity contribution < 1.29 is 9.53 Å². The third-order valence-corrected chi connectivity index (χ3v) is 3.30. The predicted octanol–water partition coefficient (Wildman–Crippen LogP) is 3.73. The first-order valence-corrected chi connectivity index (χ1v) is 7.18.